The molecule has 0 saturated heterocycles. The first-order chi connectivity index (χ1) is 17.1. The monoisotopic (exact) mass is 517 g/mol. The number of hydrogen-bond donors (Lipinski definition) is 6. The Bertz CT molecular complexity index is 1120. The maximum absolute atomic E-state index is 13.8. The minimum absolute atomic E-state index is 0.0442. The zero-order valence-electron chi connectivity index (χ0n) is 22.2. The van der Waals surface area contributed by atoms with Crippen LogP contribution in [0.2, 0.25) is 0 Å². The van der Waals surface area contributed by atoms with Crippen LogP contribution in [0, 0.1) is 17.3 Å². The number of aliphatic hydroxyl groups excluding tert-OH is 2. The number of carbonyl (C=O) groups excluding carboxylic acids is 3. The number of nitrogens with one attached hydrogen (secondary N) is 1. The first kappa shape index (κ1) is 28.8. The number of benzene rings is 1. The molecular formula is C27H39N3O7. The molecule has 0 aliphatic heterocycles. The minimum atomic E-state index is -2.68. The molecule has 7 N–H and O–H groups in total. The second-order valence-corrected chi connectivity index (χ2v) is 11.6. The van der Waals surface area contributed by atoms with Crippen LogP contribution in [0.15, 0.2) is 17.7 Å². The zero-order valence-corrected chi connectivity index (χ0v) is 22.2. The number of aromatic hydroxyl groups is 1. The number of Topliss-reactive ketones (excluding diaryl/α,β-unsaturated/α-hetero) is 2. The van der Waals surface area contributed by atoms with Crippen LogP contribution in [0.1, 0.15) is 50.3 Å². The normalized spacial score (nSPS) is 24.6. The summed E-state index contributed by atoms with van der Waals surface area (Å²) in [5, 5.41) is 47.0. The molecule has 37 heavy (non-hydrogen) atoms. The molecule has 1 saturated carbocycles. The molecule has 0 bridgehead atoms. The number of aliphatic hydroxyl groups is 3. The van der Waals surface area contributed by atoms with Crippen molar-refractivity contribution in [2.75, 3.05) is 27.2 Å². The van der Waals surface area contributed by atoms with Gasteiger partial charge in [0.25, 0.3) is 0 Å². The van der Waals surface area contributed by atoms with E-state index in [2.05, 4.69) is 26.1 Å². The lowest BCUT2D eigenvalue weighted by Crippen LogP contribution is -2.64. The van der Waals surface area contributed by atoms with E-state index in [1.165, 1.54) is 6.07 Å². The second kappa shape index (κ2) is 10.5. The van der Waals surface area contributed by atoms with Crippen LogP contribution >= 0.6 is 0 Å². The summed E-state index contributed by atoms with van der Waals surface area (Å²) in [5.74, 6) is -5.46. The number of carbonyl (C=O) groups is 3. The summed E-state index contributed by atoms with van der Waals surface area (Å²) in [7, 11) is 3.31. The van der Waals surface area contributed by atoms with Gasteiger partial charge < -0.3 is 36.4 Å². The number of nitrogens with two attached hydrogens (primary N) is 1. The molecular weight excluding hydrogens is 478 g/mol. The van der Waals surface area contributed by atoms with Gasteiger partial charge in [0, 0.05) is 30.6 Å². The van der Waals surface area contributed by atoms with Crippen molar-refractivity contribution in [3.8, 4) is 5.75 Å². The van der Waals surface area contributed by atoms with E-state index in [-0.39, 0.29) is 35.1 Å². The van der Waals surface area contributed by atoms with Crippen LogP contribution in [0.5, 0.6) is 5.75 Å². The molecule has 204 valence electrons. The molecule has 4 atom stereocenters. The average molecular weight is 518 g/mol. The van der Waals surface area contributed by atoms with Crippen molar-refractivity contribution in [1.29, 1.82) is 0 Å². The van der Waals surface area contributed by atoms with Gasteiger partial charge in [-0.3, -0.25) is 14.4 Å². The summed E-state index contributed by atoms with van der Waals surface area (Å²) in [6.07, 6.45) is -0.502. The summed E-state index contributed by atoms with van der Waals surface area (Å²) in [6.45, 7) is 7.06. The number of rotatable bonds is 9. The van der Waals surface area contributed by atoms with Gasteiger partial charge in [0.2, 0.25) is 11.7 Å². The molecule has 1 aromatic carbocycles. The summed E-state index contributed by atoms with van der Waals surface area (Å²) in [4.78, 5) is 40.1. The lowest BCUT2D eigenvalue weighted by molar-refractivity contribution is -0.163. The third kappa shape index (κ3) is 5.43. The predicted octanol–water partition coefficient (Wildman–Crippen LogP) is 0.656. The molecule has 0 heterocycles. The van der Waals surface area contributed by atoms with Gasteiger partial charge in [0.15, 0.2) is 11.4 Å². The van der Waals surface area contributed by atoms with Gasteiger partial charge in [-0.2, -0.15) is 0 Å². The Kier molecular flexibility index (Phi) is 8.19. The molecule has 1 fully saturated rings. The van der Waals surface area contributed by atoms with Crippen molar-refractivity contribution >= 4 is 23.2 Å². The number of fused-ring (bicyclic) bond motifs is 2. The first-order valence-electron chi connectivity index (χ1n) is 12.5. The molecule has 1 aromatic rings. The van der Waals surface area contributed by atoms with E-state index >= 15 is 0 Å². The Balaban J connectivity index is 2.14. The number of phenols is 1. The van der Waals surface area contributed by atoms with Crippen molar-refractivity contribution < 1.29 is 34.8 Å². The van der Waals surface area contributed by atoms with Gasteiger partial charge in [0.05, 0.1) is 18.6 Å². The lowest BCUT2D eigenvalue weighted by atomic mass is 9.59. The first-order valence-corrected chi connectivity index (χ1v) is 12.5. The molecule has 0 spiro atoms. The lowest BCUT2D eigenvalue weighted by Gasteiger charge is -2.47. The highest BCUT2D eigenvalue weighted by Crippen LogP contribution is 2.49. The molecule has 10 nitrogen and oxygen atoms in total. The highest BCUT2D eigenvalue weighted by molar-refractivity contribution is 6.23. The SMILES string of the molecule is CN(C)C(CO)[C@@H]1C[C@@H]2Cc3c(CNCC(C)(C)C)ccc(O)c3C(O)=C2C(=O)[C@]1(O)C(=O)CC(N)=O. The van der Waals surface area contributed by atoms with Gasteiger partial charge >= 0.3 is 0 Å². The fraction of sp³-hybridized carbons (Fsp3) is 0.593. The molecule has 1 unspecified atom stereocenters. The number of likely N-dealkylation sites (N-methyl/N-ethyl adjacent to an activating group) is 1. The molecule has 2 aliphatic carbocycles. The fourth-order valence-corrected chi connectivity index (χ4v) is 5.65. The average Bonchev–Trinajstić information content (AvgIpc) is 2.77. The van der Waals surface area contributed by atoms with Crippen molar-refractivity contribution in [2.24, 2.45) is 23.0 Å². The summed E-state index contributed by atoms with van der Waals surface area (Å²) in [6, 6.07) is 2.43. The highest BCUT2D eigenvalue weighted by Gasteiger charge is 2.60. The molecule has 0 radical (unpaired) electrons. The summed E-state index contributed by atoms with van der Waals surface area (Å²) < 4.78 is 0. The number of hydrogen-bond acceptors (Lipinski definition) is 9. The Morgan fingerprint density at radius 2 is 1.89 bits per heavy atom. The number of primary amides is 1. The topological polar surface area (TPSA) is 173 Å². The molecule has 10 heteroatoms. The Morgan fingerprint density at radius 1 is 1.24 bits per heavy atom. The van der Waals surface area contributed by atoms with Gasteiger partial charge in [-0.25, -0.2) is 0 Å². The van der Waals surface area contributed by atoms with E-state index < -0.39 is 59.7 Å². The molecule has 0 aromatic heterocycles. The summed E-state index contributed by atoms with van der Waals surface area (Å²) >= 11 is 0. The third-order valence-electron chi connectivity index (χ3n) is 7.45. The van der Waals surface area contributed by atoms with Crippen molar-refractivity contribution in [3.63, 3.8) is 0 Å². The van der Waals surface area contributed by atoms with E-state index in [0.717, 1.165) is 12.1 Å². The Morgan fingerprint density at radius 3 is 2.43 bits per heavy atom. The third-order valence-corrected chi connectivity index (χ3v) is 7.45. The molecule has 3 rings (SSSR count). The number of ketones is 2. The molecule has 1 amide bonds. The molecule has 2 aliphatic rings. The van der Waals surface area contributed by atoms with Crippen LogP contribution in [0.4, 0.5) is 0 Å². The van der Waals surface area contributed by atoms with E-state index in [1.54, 1.807) is 25.1 Å². The van der Waals surface area contributed by atoms with Crippen molar-refractivity contribution in [2.45, 2.75) is 58.2 Å². The maximum atomic E-state index is 13.8. The van der Waals surface area contributed by atoms with Crippen LogP contribution in [-0.2, 0) is 27.3 Å². The number of amides is 1. The van der Waals surface area contributed by atoms with Crippen LogP contribution in [0.25, 0.3) is 5.76 Å². The Labute approximate surface area is 217 Å². The van der Waals surface area contributed by atoms with E-state index in [0.29, 0.717) is 12.1 Å². The van der Waals surface area contributed by atoms with Gasteiger partial charge in [-0.15, -0.1) is 0 Å². The minimum Gasteiger partial charge on any atom is -0.507 e. The fourth-order valence-electron chi connectivity index (χ4n) is 5.65. The Hall–Kier alpha value is -2.79. The van der Waals surface area contributed by atoms with Crippen molar-refractivity contribution in [3.05, 3.63) is 34.4 Å². The second-order valence-electron chi connectivity index (χ2n) is 11.6. The van der Waals surface area contributed by atoms with E-state index in [9.17, 15) is 34.8 Å². The van der Waals surface area contributed by atoms with Crippen LogP contribution in [0.3, 0.4) is 0 Å². The van der Waals surface area contributed by atoms with E-state index in [4.69, 9.17) is 5.73 Å². The largest absolute Gasteiger partial charge is 0.507 e. The quantitative estimate of drug-likeness (QED) is 0.257. The van der Waals surface area contributed by atoms with Crippen LogP contribution < -0.4 is 11.1 Å². The zero-order chi connectivity index (χ0) is 27.9. The van der Waals surface area contributed by atoms with Gasteiger partial charge in [-0.1, -0.05) is 26.8 Å². The van der Waals surface area contributed by atoms with Gasteiger partial charge in [0.1, 0.15) is 11.5 Å². The summed E-state index contributed by atoms with van der Waals surface area (Å²) in [5.41, 5.74) is 4.04. The smallest absolute Gasteiger partial charge is 0.225 e. The van der Waals surface area contributed by atoms with Gasteiger partial charge in [-0.05, 0) is 55.5 Å². The van der Waals surface area contributed by atoms with E-state index in [1.807, 2.05) is 0 Å². The van der Waals surface area contributed by atoms with Crippen LogP contribution in [-0.4, -0.2) is 81.7 Å². The predicted molar refractivity (Wildman–Crippen MR) is 137 cm³/mol. The highest BCUT2D eigenvalue weighted by atomic mass is 16.3. The standard InChI is InChI=1S/C27H39N3O7/c1-26(2,3)13-29-11-14-6-7-19(32)23-16(14)8-15-9-17(18(12-31)30(4)5)27(37,20(33)10-21(28)34)25(36)22(15)24(23)35/h6-7,15,17-18,29,31-32,35,37H,8-13H2,1-5H3,(H2,28,34)/t15-,17-,18?,27+/m0/s1. The number of phenolic OH excluding ortho intramolecular Hbond substituents is 1. The maximum Gasteiger partial charge on any atom is 0.225 e. The number of nitrogens with zero attached hydrogens (tertiary/aromatic N) is 1. The van der Waals surface area contributed by atoms with Crippen molar-refractivity contribution in [1.82, 2.24) is 10.2 Å².